The average Bonchev–Trinajstić information content (AvgIpc) is 2.77. The van der Waals surface area contributed by atoms with Gasteiger partial charge in [0.05, 0.1) is 0 Å². The van der Waals surface area contributed by atoms with Gasteiger partial charge in [-0.05, 0) is 51.3 Å². The van der Waals surface area contributed by atoms with Gasteiger partial charge in [-0.2, -0.15) is 0 Å². The molecule has 0 aliphatic carbocycles. The van der Waals surface area contributed by atoms with Crippen molar-refractivity contribution in [3.8, 4) is 5.75 Å². The summed E-state index contributed by atoms with van der Waals surface area (Å²) in [6.07, 6.45) is 1.55. The maximum Gasteiger partial charge on any atom is 0.339 e. The molecule has 2 aliphatic rings. The fourth-order valence-electron chi connectivity index (χ4n) is 4.37. The Morgan fingerprint density at radius 2 is 1.80 bits per heavy atom. The standard InChI is InChI=1S/C23H30N2O5/c1-15-16(2)23(27)30-21-14-19(4-5-20(15)21)29-17(3)22(26)25-10-8-24(9-11-25)18-6-12-28-13-7-18/h4-5,14,17-18H,6-13H2,1-3H3. The van der Waals surface area contributed by atoms with Crippen molar-refractivity contribution in [1.82, 2.24) is 9.80 Å². The number of ether oxygens (including phenoxy) is 2. The smallest absolute Gasteiger partial charge is 0.339 e. The second kappa shape index (κ2) is 8.78. The Morgan fingerprint density at radius 3 is 2.50 bits per heavy atom. The zero-order valence-electron chi connectivity index (χ0n) is 18.0. The van der Waals surface area contributed by atoms with E-state index in [1.54, 1.807) is 19.9 Å². The van der Waals surface area contributed by atoms with Crippen LogP contribution in [0.5, 0.6) is 5.75 Å². The summed E-state index contributed by atoms with van der Waals surface area (Å²) in [5.74, 6) is 0.513. The van der Waals surface area contributed by atoms with E-state index in [0.29, 0.717) is 22.9 Å². The highest BCUT2D eigenvalue weighted by atomic mass is 16.5. The van der Waals surface area contributed by atoms with Gasteiger partial charge in [0.1, 0.15) is 11.3 Å². The third kappa shape index (κ3) is 4.23. The normalized spacial score (nSPS) is 19.8. The van der Waals surface area contributed by atoms with Crippen LogP contribution in [-0.2, 0) is 9.53 Å². The molecule has 0 spiro atoms. The predicted molar refractivity (Wildman–Crippen MR) is 114 cm³/mol. The van der Waals surface area contributed by atoms with Gasteiger partial charge in [-0.25, -0.2) is 4.79 Å². The van der Waals surface area contributed by atoms with Crippen molar-refractivity contribution >= 4 is 16.9 Å². The van der Waals surface area contributed by atoms with E-state index in [1.165, 1.54) is 0 Å². The molecular formula is C23H30N2O5. The minimum Gasteiger partial charge on any atom is -0.481 e. The number of nitrogens with zero attached hydrogens (tertiary/aromatic N) is 2. The molecule has 2 aromatic rings. The van der Waals surface area contributed by atoms with E-state index >= 15 is 0 Å². The van der Waals surface area contributed by atoms with Crippen LogP contribution in [0.4, 0.5) is 0 Å². The van der Waals surface area contributed by atoms with Gasteiger partial charge in [0.2, 0.25) is 0 Å². The number of amides is 1. The van der Waals surface area contributed by atoms with Gasteiger partial charge in [-0.15, -0.1) is 0 Å². The van der Waals surface area contributed by atoms with Crippen molar-refractivity contribution in [3.05, 3.63) is 39.7 Å². The third-order valence-corrected chi connectivity index (χ3v) is 6.42. The molecule has 162 valence electrons. The van der Waals surface area contributed by atoms with Gasteiger partial charge in [0.15, 0.2) is 6.10 Å². The molecule has 3 heterocycles. The molecule has 4 rings (SSSR count). The molecule has 1 amide bonds. The van der Waals surface area contributed by atoms with Gasteiger partial charge in [0, 0.05) is 62.5 Å². The fourth-order valence-corrected chi connectivity index (χ4v) is 4.37. The maximum absolute atomic E-state index is 12.9. The van der Waals surface area contributed by atoms with E-state index in [-0.39, 0.29) is 11.5 Å². The lowest BCUT2D eigenvalue weighted by molar-refractivity contribution is -0.140. The lowest BCUT2D eigenvalue weighted by Gasteiger charge is -2.41. The van der Waals surface area contributed by atoms with Gasteiger partial charge >= 0.3 is 5.63 Å². The van der Waals surface area contributed by atoms with E-state index in [9.17, 15) is 9.59 Å². The summed E-state index contributed by atoms with van der Waals surface area (Å²) in [7, 11) is 0. The molecule has 0 bridgehead atoms. The Bertz CT molecular complexity index is 971. The van der Waals surface area contributed by atoms with Crippen molar-refractivity contribution < 1.29 is 18.7 Å². The largest absolute Gasteiger partial charge is 0.481 e. The summed E-state index contributed by atoms with van der Waals surface area (Å²) < 4.78 is 16.8. The van der Waals surface area contributed by atoms with E-state index in [0.717, 1.165) is 63.2 Å². The van der Waals surface area contributed by atoms with Crippen LogP contribution in [0.2, 0.25) is 0 Å². The number of aryl methyl sites for hydroxylation is 1. The quantitative estimate of drug-likeness (QED) is 0.716. The number of benzene rings is 1. The van der Waals surface area contributed by atoms with Crippen LogP contribution in [-0.4, -0.2) is 67.2 Å². The van der Waals surface area contributed by atoms with Crippen molar-refractivity contribution in [2.24, 2.45) is 0 Å². The zero-order chi connectivity index (χ0) is 21.3. The van der Waals surface area contributed by atoms with Crippen molar-refractivity contribution in [1.29, 1.82) is 0 Å². The number of piperazine rings is 1. The highest BCUT2D eigenvalue weighted by Gasteiger charge is 2.29. The summed E-state index contributed by atoms with van der Waals surface area (Å²) >= 11 is 0. The highest BCUT2D eigenvalue weighted by molar-refractivity contribution is 5.83. The van der Waals surface area contributed by atoms with E-state index in [2.05, 4.69) is 4.90 Å². The van der Waals surface area contributed by atoms with Crippen LogP contribution in [0.1, 0.15) is 30.9 Å². The molecule has 2 saturated heterocycles. The van der Waals surface area contributed by atoms with Gasteiger partial charge in [-0.3, -0.25) is 9.69 Å². The Hall–Kier alpha value is -2.38. The molecule has 2 aliphatic heterocycles. The lowest BCUT2D eigenvalue weighted by atomic mass is 10.1. The van der Waals surface area contributed by atoms with Crippen molar-refractivity contribution in [2.75, 3.05) is 39.4 Å². The summed E-state index contributed by atoms with van der Waals surface area (Å²) in [6, 6.07) is 5.96. The highest BCUT2D eigenvalue weighted by Crippen LogP contribution is 2.25. The molecule has 0 N–H and O–H groups in total. The van der Waals surface area contributed by atoms with Crippen LogP contribution in [0.3, 0.4) is 0 Å². The molecule has 1 aromatic heterocycles. The number of carbonyl (C=O) groups excluding carboxylic acids is 1. The minimum atomic E-state index is -0.602. The second-order valence-corrected chi connectivity index (χ2v) is 8.26. The van der Waals surface area contributed by atoms with Crippen LogP contribution in [0.15, 0.2) is 27.4 Å². The average molecular weight is 415 g/mol. The first kappa shape index (κ1) is 20.9. The number of carbonyl (C=O) groups is 1. The van der Waals surface area contributed by atoms with Crippen LogP contribution in [0.25, 0.3) is 11.0 Å². The molecule has 1 unspecified atom stereocenters. The Labute approximate surface area is 176 Å². The molecule has 0 saturated carbocycles. The summed E-state index contributed by atoms with van der Waals surface area (Å²) in [6.45, 7) is 10.3. The summed E-state index contributed by atoms with van der Waals surface area (Å²) in [5, 5.41) is 0.877. The fraction of sp³-hybridized carbons (Fsp3) is 0.565. The Kier molecular flexibility index (Phi) is 6.11. The molecule has 1 aromatic carbocycles. The van der Waals surface area contributed by atoms with Crippen molar-refractivity contribution in [2.45, 2.75) is 45.8 Å². The second-order valence-electron chi connectivity index (χ2n) is 8.26. The molecule has 30 heavy (non-hydrogen) atoms. The molecular weight excluding hydrogens is 384 g/mol. The molecule has 1 atom stereocenters. The maximum atomic E-state index is 12.9. The van der Waals surface area contributed by atoms with Crippen LogP contribution >= 0.6 is 0 Å². The summed E-state index contributed by atoms with van der Waals surface area (Å²) in [5.41, 5.74) is 1.65. The first-order valence-electron chi connectivity index (χ1n) is 10.8. The zero-order valence-corrected chi connectivity index (χ0v) is 18.0. The number of hydrogen-bond acceptors (Lipinski definition) is 6. The predicted octanol–water partition coefficient (Wildman–Crippen LogP) is 2.50. The van der Waals surface area contributed by atoms with Gasteiger partial charge in [-0.1, -0.05) is 0 Å². The Morgan fingerprint density at radius 1 is 1.10 bits per heavy atom. The summed E-state index contributed by atoms with van der Waals surface area (Å²) in [4.78, 5) is 29.2. The number of fused-ring (bicyclic) bond motifs is 1. The number of hydrogen-bond donors (Lipinski definition) is 0. The van der Waals surface area contributed by atoms with Gasteiger partial charge in [0.25, 0.3) is 5.91 Å². The van der Waals surface area contributed by atoms with Gasteiger partial charge < -0.3 is 18.8 Å². The minimum absolute atomic E-state index is 0.0109. The SMILES string of the molecule is Cc1c(C)c2ccc(OC(C)C(=O)N3CCN(C4CCOCC4)CC3)cc2oc1=O. The van der Waals surface area contributed by atoms with Crippen molar-refractivity contribution in [3.63, 3.8) is 0 Å². The third-order valence-electron chi connectivity index (χ3n) is 6.42. The molecule has 7 nitrogen and oxygen atoms in total. The van der Waals surface area contributed by atoms with Crippen LogP contribution in [0, 0.1) is 13.8 Å². The van der Waals surface area contributed by atoms with Crippen LogP contribution < -0.4 is 10.4 Å². The first-order valence-corrected chi connectivity index (χ1v) is 10.8. The number of rotatable bonds is 4. The van der Waals surface area contributed by atoms with E-state index in [4.69, 9.17) is 13.9 Å². The molecule has 2 fully saturated rings. The monoisotopic (exact) mass is 414 g/mol. The lowest BCUT2D eigenvalue weighted by Crippen LogP contribution is -2.55. The topological polar surface area (TPSA) is 72.2 Å². The van der Waals surface area contributed by atoms with E-state index in [1.807, 2.05) is 24.0 Å². The molecule has 0 radical (unpaired) electrons. The van der Waals surface area contributed by atoms with E-state index < -0.39 is 6.10 Å². The first-order chi connectivity index (χ1) is 14.4. The Balaban J connectivity index is 1.38. The molecule has 7 heteroatoms.